The maximum absolute atomic E-state index is 12.8. The molecule has 0 spiro atoms. The van der Waals surface area contributed by atoms with E-state index in [1.807, 2.05) is 5.32 Å². The molecule has 0 heterocycles. The number of rotatable bonds is 14. The van der Waals surface area contributed by atoms with Crippen molar-refractivity contribution in [3.05, 3.63) is 0 Å². The molecule has 4 amide bonds. The van der Waals surface area contributed by atoms with Crippen LogP contribution in [0, 0.1) is 5.92 Å². The number of hydrogen-bond donors (Lipinski definition) is 8. The Bertz CT molecular complexity index is 728. The number of carbonyl (C=O) groups is 6. The molecule has 10 N–H and O–H groups in total. The van der Waals surface area contributed by atoms with Gasteiger partial charge in [-0.3, -0.25) is 24.0 Å². The smallest absolute Gasteiger partial charge is 0.328 e. The molecule has 0 radical (unpaired) electrons. The Kier molecular flexibility index (Phi) is 11.9. The lowest BCUT2D eigenvalue weighted by Gasteiger charge is -2.27. The monoisotopic (exact) mass is 461 g/mol. The van der Waals surface area contributed by atoms with Crippen LogP contribution < -0.4 is 27.4 Å². The molecule has 0 aromatic heterocycles. The third kappa shape index (κ3) is 9.70. The topological polar surface area (TPSA) is 251 Å². The normalized spacial score (nSPS) is 16.4. The molecule has 0 saturated heterocycles. The molecule has 0 aliphatic rings. The van der Waals surface area contributed by atoms with Crippen LogP contribution in [0.2, 0.25) is 0 Å². The molecule has 182 valence electrons. The molecular formula is C18H31N5O9. The molecule has 0 fully saturated rings. The Balaban J connectivity index is 5.59. The van der Waals surface area contributed by atoms with E-state index in [1.54, 1.807) is 13.8 Å². The second kappa shape index (κ2) is 13.2. The minimum atomic E-state index is -1.74. The predicted molar refractivity (Wildman–Crippen MR) is 109 cm³/mol. The van der Waals surface area contributed by atoms with E-state index in [1.165, 1.54) is 0 Å². The number of carboxylic acid groups (broad SMARTS) is 2. The quantitative estimate of drug-likeness (QED) is 0.127. The van der Waals surface area contributed by atoms with E-state index in [2.05, 4.69) is 10.6 Å². The molecule has 0 aromatic rings. The van der Waals surface area contributed by atoms with Gasteiger partial charge in [-0.05, 0) is 12.8 Å². The molecule has 0 bridgehead atoms. The van der Waals surface area contributed by atoms with Crippen molar-refractivity contribution in [3.8, 4) is 0 Å². The standard InChI is InChI=1S/C18H31N5O9/c1-4-7(2)13(22-15(28)9(19)5-11(20)25)17(30)21-10(6-12(26)27)16(29)23-14(8(3)24)18(31)32/h7-10,13-14,24H,4-6,19H2,1-3H3,(H2,20,25)(H,21,30)(H,22,28)(H,23,29)(H,26,27)(H,31,32). The number of primary amides is 1. The third-order valence-electron chi connectivity index (χ3n) is 4.61. The third-order valence-corrected chi connectivity index (χ3v) is 4.61. The fourth-order valence-electron chi connectivity index (χ4n) is 2.56. The molecule has 14 nitrogen and oxygen atoms in total. The average molecular weight is 461 g/mol. The summed E-state index contributed by atoms with van der Waals surface area (Å²) in [5.41, 5.74) is 10.6. The maximum atomic E-state index is 12.8. The van der Waals surface area contributed by atoms with E-state index in [-0.39, 0.29) is 0 Å². The largest absolute Gasteiger partial charge is 0.481 e. The lowest BCUT2D eigenvalue weighted by atomic mass is 9.97. The van der Waals surface area contributed by atoms with Crippen LogP contribution in [0.5, 0.6) is 0 Å². The number of hydrogen-bond acceptors (Lipinski definition) is 8. The lowest BCUT2D eigenvalue weighted by Crippen LogP contribution is -2.60. The van der Waals surface area contributed by atoms with Crippen molar-refractivity contribution in [2.24, 2.45) is 17.4 Å². The van der Waals surface area contributed by atoms with Crippen molar-refractivity contribution in [1.29, 1.82) is 0 Å². The molecule has 6 unspecified atom stereocenters. The van der Waals surface area contributed by atoms with Gasteiger partial charge in [0.15, 0.2) is 6.04 Å². The molecule has 6 atom stereocenters. The Morgan fingerprint density at radius 1 is 0.844 bits per heavy atom. The highest BCUT2D eigenvalue weighted by Crippen LogP contribution is 2.10. The van der Waals surface area contributed by atoms with Gasteiger partial charge in [0.25, 0.3) is 0 Å². The van der Waals surface area contributed by atoms with Gasteiger partial charge in [0, 0.05) is 0 Å². The van der Waals surface area contributed by atoms with Gasteiger partial charge in [0.2, 0.25) is 23.6 Å². The van der Waals surface area contributed by atoms with Gasteiger partial charge in [-0.15, -0.1) is 0 Å². The number of nitrogens with one attached hydrogen (secondary N) is 3. The van der Waals surface area contributed by atoms with Crippen LogP contribution in [0.25, 0.3) is 0 Å². The SMILES string of the molecule is CCC(C)C(NC(=O)C(N)CC(N)=O)C(=O)NC(CC(=O)O)C(=O)NC(C(=O)O)C(C)O. The first-order valence-electron chi connectivity index (χ1n) is 9.78. The maximum Gasteiger partial charge on any atom is 0.328 e. The zero-order valence-electron chi connectivity index (χ0n) is 18.0. The van der Waals surface area contributed by atoms with E-state index in [0.717, 1.165) is 6.92 Å². The first-order valence-corrected chi connectivity index (χ1v) is 9.78. The minimum absolute atomic E-state index is 0.391. The first kappa shape index (κ1) is 28.7. The van der Waals surface area contributed by atoms with Crippen LogP contribution in [-0.4, -0.2) is 81.2 Å². The summed E-state index contributed by atoms with van der Waals surface area (Å²) in [6.07, 6.45) is -2.48. The Morgan fingerprint density at radius 3 is 1.78 bits per heavy atom. The highest BCUT2D eigenvalue weighted by molar-refractivity contribution is 5.96. The molecule has 14 heteroatoms. The Hall–Kier alpha value is -3.26. The molecule has 0 rings (SSSR count). The molecule has 32 heavy (non-hydrogen) atoms. The first-order chi connectivity index (χ1) is 14.7. The summed E-state index contributed by atoms with van der Waals surface area (Å²) >= 11 is 0. The summed E-state index contributed by atoms with van der Waals surface area (Å²) in [6, 6.07) is -6.02. The molecular weight excluding hydrogens is 430 g/mol. The summed E-state index contributed by atoms with van der Waals surface area (Å²) in [6.45, 7) is 4.42. The van der Waals surface area contributed by atoms with E-state index in [0.29, 0.717) is 6.42 Å². The molecule has 0 aliphatic carbocycles. The number of carbonyl (C=O) groups excluding carboxylic acids is 4. The average Bonchev–Trinajstić information content (AvgIpc) is 2.66. The number of aliphatic hydroxyl groups is 1. The van der Waals surface area contributed by atoms with Gasteiger partial charge >= 0.3 is 11.9 Å². The number of aliphatic carboxylic acids is 2. The number of nitrogens with two attached hydrogens (primary N) is 2. The number of amides is 4. The van der Waals surface area contributed by atoms with Crippen molar-refractivity contribution in [2.75, 3.05) is 0 Å². The van der Waals surface area contributed by atoms with Crippen LogP contribution in [-0.2, 0) is 28.8 Å². The van der Waals surface area contributed by atoms with Crippen molar-refractivity contribution in [3.63, 3.8) is 0 Å². The molecule has 0 aromatic carbocycles. The van der Waals surface area contributed by atoms with E-state index in [9.17, 15) is 33.9 Å². The van der Waals surface area contributed by atoms with Crippen LogP contribution in [0.1, 0.15) is 40.0 Å². The van der Waals surface area contributed by atoms with Gasteiger partial charge in [0.05, 0.1) is 25.0 Å². The second-order valence-electron chi connectivity index (χ2n) is 7.37. The highest BCUT2D eigenvalue weighted by Gasteiger charge is 2.34. The van der Waals surface area contributed by atoms with Crippen molar-refractivity contribution in [1.82, 2.24) is 16.0 Å². The summed E-state index contributed by atoms with van der Waals surface area (Å²) in [4.78, 5) is 70.7. The van der Waals surface area contributed by atoms with Crippen LogP contribution in [0.15, 0.2) is 0 Å². The van der Waals surface area contributed by atoms with Crippen LogP contribution in [0.3, 0.4) is 0 Å². The van der Waals surface area contributed by atoms with Crippen LogP contribution >= 0.6 is 0 Å². The second-order valence-corrected chi connectivity index (χ2v) is 7.37. The van der Waals surface area contributed by atoms with Gasteiger partial charge in [-0.25, -0.2) is 4.79 Å². The highest BCUT2D eigenvalue weighted by atomic mass is 16.4. The molecule has 0 aliphatic heterocycles. The Morgan fingerprint density at radius 2 is 1.38 bits per heavy atom. The fourth-order valence-corrected chi connectivity index (χ4v) is 2.56. The van der Waals surface area contributed by atoms with E-state index < -0.39 is 84.6 Å². The molecule has 0 saturated carbocycles. The van der Waals surface area contributed by atoms with E-state index >= 15 is 0 Å². The number of aliphatic hydroxyl groups excluding tert-OH is 1. The van der Waals surface area contributed by atoms with E-state index in [4.69, 9.17) is 21.7 Å². The zero-order chi connectivity index (χ0) is 25.2. The predicted octanol–water partition coefficient (Wildman–Crippen LogP) is -3.37. The van der Waals surface area contributed by atoms with Gasteiger partial charge < -0.3 is 42.7 Å². The van der Waals surface area contributed by atoms with Gasteiger partial charge in [-0.1, -0.05) is 20.3 Å². The lowest BCUT2D eigenvalue weighted by molar-refractivity contribution is -0.146. The fraction of sp³-hybridized carbons (Fsp3) is 0.667. The van der Waals surface area contributed by atoms with Crippen molar-refractivity contribution in [2.45, 2.75) is 70.3 Å². The summed E-state index contributed by atoms with van der Waals surface area (Å²) in [5.74, 6) is -7.30. The Labute approximate surface area is 184 Å². The van der Waals surface area contributed by atoms with Gasteiger partial charge in [-0.2, -0.15) is 0 Å². The number of carboxylic acids is 2. The summed E-state index contributed by atoms with van der Waals surface area (Å²) in [7, 11) is 0. The zero-order valence-corrected chi connectivity index (χ0v) is 18.0. The van der Waals surface area contributed by atoms with Crippen molar-refractivity contribution < 1.29 is 44.1 Å². The minimum Gasteiger partial charge on any atom is -0.481 e. The summed E-state index contributed by atoms with van der Waals surface area (Å²) < 4.78 is 0. The van der Waals surface area contributed by atoms with Crippen molar-refractivity contribution >= 4 is 35.6 Å². The van der Waals surface area contributed by atoms with Gasteiger partial charge in [0.1, 0.15) is 12.1 Å². The van der Waals surface area contributed by atoms with Crippen LogP contribution in [0.4, 0.5) is 0 Å². The summed E-state index contributed by atoms with van der Waals surface area (Å²) in [5, 5.41) is 34.1.